The molecule has 2 fully saturated rings. The number of hydrogen-bond acceptors (Lipinski definition) is 2. The highest BCUT2D eigenvalue weighted by atomic mass is 15.2. The number of amidine groups is 1. The Bertz CT molecular complexity index is 372. The first kappa shape index (κ1) is 10.4. The van der Waals surface area contributed by atoms with E-state index < -0.39 is 0 Å². The molecular formula is C14H22N2. The van der Waals surface area contributed by atoms with Crippen molar-refractivity contribution in [3.8, 4) is 0 Å². The molecule has 3 aliphatic rings. The minimum absolute atomic E-state index is 0.405. The minimum Gasteiger partial charge on any atom is -0.334 e. The van der Waals surface area contributed by atoms with E-state index in [1.54, 1.807) is 5.70 Å². The van der Waals surface area contributed by atoms with E-state index in [9.17, 15) is 0 Å². The van der Waals surface area contributed by atoms with E-state index in [2.05, 4.69) is 25.7 Å². The van der Waals surface area contributed by atoms with Gasteiger partial charge in [0.25, 0.3) is 0 Å². The van der Waals surface area contributed by atoms with Crippen molar-refractivity contribution in [3.63, 3.8) is 0 Å². The zero-order valence-electron chi connectivity index (χ0n) is 10.7. The fourth-order valence-corrected chi connectivity index (χ4v) is 3.75. The number of nitrogens with zero attached hydrogens (tertiary/aromatic N) is 2. The van der Waals surface area contributed by atoms with Gasteiger partial charge in [0.2, 0.25) is 0 Å². The average molecular weight is 218 g/mol. The SMILES string of the molecule is CC1=NC(C)C(C)=C2CC3(CCCC3)CN12. The summed E-state index contributed by atoms with van der Waals surface area (Å²) in [6.07, 6.45) is 7.05. The Morgan fingerprint density at radius 2 is 1.94 bits per heavy atom. The van der Waals surface area contributed by atoms with Gasteiger partial charge in [0.1, 0.15) is 5.84 Å². The molecule has 88 valence electrons. The van der Waals surface area contributed by atoms with Crippen LogP contribution >= 0.6 is 0 Å². The van der Waals surface area contributed by atoms with Crippen LogP contribution < -0.4 is 0 Å². The van der Waals surface area contributed by atoms with Crippen LogP contribution in [0.1, 0.15) is 52.9 Å². The number of allylic oxidation sites excluding steroid dienone is 1. The first-order valence-electron chi connectivity index (χ1n) is 6.63. The first-order chi connectivity index (χ1) is 7.61. The Kier molecular flexibility index (Phi) is 2.17. The summed E-state index contributed by atoms with van der Waals surface area (Å²) < 4.78 is 0. The molecule has 1 spiro atoms. The second kappa shape index (κ2) is 3.35. The standard InChI is InChI=1S/C14H22N2/c1-10-11(2)15-12(3)16-9-14(8-13(10)16)6-4-5-7-14/h11H,4-9H2,1-3H3. The Hall–Kier alpha value is -0.790. The maximum Gasteiger partial charge on any atom is 0.101 e. The molecule has 2 heterocycles. The van der Waals surface area contributed by atoms with Crippen LogP contribution in [0.3, 0.4) is 0 Å². The van der Waals surface area contributed by atoms with Crippen molar-refractivity contribution in [2.45, 2.75) is 58.9 Å². The molecule has 0 aromatic rings. The normalized spacial score (nSPS) is 32.3. The highest BCUT2D eigenvalue weighted by molar-refractivity contribution is 5.83. The summed E-state index contributed by atoms with van der Waals surface area (Å²) in [6.45, 7) is 7.92. The summed E-state index contributed by atoms with van der Waals surface area (Å²) in [5.41, 5.74) is 3.72. The van der Waals surface area contributed by atoms with Crippen molar-refractivity contribution < 1.29 is 0 Å². The third-order valence-electron chi connectivity index (χ3n) is 4.88. The van der Waals surface area contributed by atoms with Gasteiger partial charge >= 0.3 is 0 Å². The van der Waals surface area contributed by atoms with Crippen molar-refractivity contribution in [2.75, 3.05) is 6.54 Å². The molecule has 0 bridgehead atoms. The van der Waals surface area contributed by atoms with Crippen molar-refractivity contribution in [2.24, 2.45) is 10.4 Å². The van der Waals surface area contributed by atoms with Crippen LogP contribution in [0.4, 0.5) is 0 Å². The Labute approximate surface area is 98.4 Å². The lowest BCUT2D eigenvalue weighted by atomic mass is 9.84. The second-order valence-electron chi connectivity index (χ2n) is 5.95. The molecule has 2 aliphatic heterocycles. The highest BCUT2D eigenvalue weighted by Gasteiger charge is 2.45. The monoisotopic (exact) mass is 218 g/mol. The molecule has 2 heteroatoms. The van der Waals surface area contributed by atoms with E-state index in [1.807, 2.05) is 0 Å². The molecule has 0 amide bonds. The molecular weight excluding hydrogens is 196 g/mol. The molecule has 1 saturated carbocycles. The highest BCUT2D eigenvalue weighted by Crippen LogP contribution is 2.50. The molecule has 1 atom stereocenters. The van der Waals surface area contributed by atoms with Crippen molar-refractivity contribution in [3.05, 3.63) is 11.3 Å². The summed E-state index contributed by atoms with van der Waals surface area (Å²) in [5.74, 6) is 1.25. The Morgan fingerprint density at radius 3 is 2.62 bits per heavy atom. The quantitative estimate of drug-likeness (QED) is 0.609. The van der Waals surface area contributed by atoms with Crippen LogP contribution in [0.5, 0.6) is 0 Å². The van der Waals surface area contributed by atoms with Crippen LogP contribution in [0, 0.1) is 5.41 Å². The molecule has 1 aliphatic carbocycles. The number of aliphatic imine (C=N–C) groups is 1. The summed E-state index contributed by atoms with van der Waals surface area (Å²) in [5, 5.41) is 0. The van der Waals surface area contributed by atoms with E-state index in [4.69, 9.17) is 4.99 Å². The smallest absolute Gasteiger partial charge is 0.101 e. The molecule has 1 saturated heterocycles. The van der Waals surface area contributed by atoms with Gasteiger partial charge in [-0.2, -0.15) is 0 Å². The lowest BCUT2D eigenvalue weighted by Crippen LogP contribution is -2.33. The zero-order valence-corrected chi connectivity index (χ0v) is 10.7. The first-order valence-corrected chi connectivity index (χ1v) is 6.63. The van der Waals surface area contributed by atoms with E-state index in [-0.39, 0.29) is 0 Å². The molecule has 0 N–H and O–H groups in total. The molecule has 0 aromatic heterocycles. The summed E-state index contributed by atoms with van der Waals surface area (Å²) in [4.78, 5) is 7.25. The van der Waals surface area contributed by atoms with Crippen molar-refractivity contribution in [1.29, 1.82) is 0 Å². The summed E-state index contributed by atoms with van der Waals surface area (Å²) >= 11 is 0. The van der Waals surface area contributed by atoms with Crippen LogP contribution in [0.2, 0.25) is 0 Å². The largest absolute Gasteiger partial charge is 0.334 e. The van der Waals surface area contributed by atoms with Crippen molar-refractivity contribution in [1.82, 2.24) is 4.90 Å². The van der Waals surface area contributed by atoms with Gasteiger partial charge in [0.05, 0.1) is 6.04 Å². The number of hydrogen-bond donors (Lipinski definition) is 0. The zero-order chi connectivity index (χ0) is 11.3. The maximum atomic E-state index is 4.75. The van der Waals surface area contributed by atoms with Crippen LogP contribution in [-0.2, 0) is 0 Å². The van der Waals surface area contributed by atoms with E-state index in [0.717, 1.165) is 0 Å². The summed E-state index contributed by atoms with van der Waals surface area (Å²) in [6, 6.07) is 0.405. The molecule has 2 nitrogen and oxygen atoms in total. The van der Waals surface area contributed by atoms with Crippen LogP contribution in [0.25, 0.3) is 0 Å². The topological polar surface area (TPSA) is 15.6 Å². The lowest BCUT2D eigenvalue weighted by molar-refractivity contribution is 0.311. The van der Waals surface area contributed by atoms with Gasteiger partial charge in [0, 0.05) is 12.2 Å². The Morgan fingerprint density at radius 1 is 1.25 bits per heavy atom. The molecule has 1 unspecified atom stereocenters. The van der Waals surface area contributed by atoms with E-state index in [0.29, 0.717) is 11.5 Å². The lowest BCUT2D eigenvalue weighted by Gasteiger charge is -2.29. The van der Waals surface area contributed by atoms with Crippen LogP contribution in [0.15, 0.2) is 16.3 Å². The molecule has 0 radical (unpaired) electrons. The van der Waals surface area contributed by atoms with Gasteiger partial charge < -0.3 is 4.90 Å². The third kappa shape index (κ3) is 1.35. The van der Waals surface area contributed by atoms with E-state index >= 15 is 0 Å². The molecule has 3 rings (SSSR count). The maximum absolute atomic E-state index is 4.75. The molecule has 0 aromatic carbocycles. The fraction of sp³-hybridized carbons (Fsp3) is 0.786. The van der Waals surface area contributed by atoms with Gasteiger partial charge in [-0.15, -0.1) is 0 Å². The van der Waals surface area contributed by atoms with Gasteiger partial charge in [-0.05, 0) is 51.0 Å². The molecule has 16 heavy (non-hydrogen) atoms. The van der Waals surface area contributed by atoms with E-state index in [1.165, 1.54) is 50.1 Å². The minimum atomic E-state index is 0.405. The second-order valence-corrected chi connectivity index (χ2v) is 5.95. The number of rotatable bonds is 0. The third-order valence-corrected chi connectivity index (χ3v) is 4.88. The number of fused-ring (bicyclic) bond motifs is 1. The van der Waals surface area contributed by atoms with Crippen LogP contribution in [-0.4, -0.2) is 23.3 Å². The predicted octanol–water partition coefficient (Wildman–Crippen LogP) is 3.35. The van der Waals surface area contributed by atoms with Gasteiger partial charge in [-0.1, -0.05) is 12.8 Å². The van der Waals surface area contributed by atoms with Gasteiger partial charge in [-0.3, -0.25) is 4.99 Å². The predicted molar refractivity (Wildman–Crippen MR) is 67.5 cm³/mol. The summed E-state index contributed by atoms with van der Waals surface area (Å²) in [7, 11) is 0. The Balaban J connectivity index is 1.96. The van der Waals surface area contributed by atoms with Gasteiger partial charge in [0.15, 0.2) is 0 Å². The van der Waals surface area contributed by atoms with Gasteiger partial charge in [-0.25, -0.2) is 0 Å². The fourth-order valence-electron chi connectivity index (χ4n) is 3.75. The average Bonchev–Trinajstić information content (AvgIpc) is 2.84. The van der Waals surface area contributed by atoms with Crippen molar-refractivity contribution >= 4 is 5.84 Å².